The predicted octanol–water partition coefficient (Wildman–Crippen LogP) is 6.45. The van der Waals surface area contributed by atoms with Crippen LogP contribution in [0.1, 0.15) is 4.88 Å². The first-order valence-electron chi connectivity index (χ1n) is 9.15. The number of alkyl halides is 2. The summed E-state index contributed by atoms with van der Waals surface area (Å²) < 4.78 is 29.8. The van der Waals surface area contributed by atoms with Crippen LogP contribution in [-0.4, -0.2) is 16.7 Å². The number of aliphatic imine (C=N–C) groups is 1. The highest BCUT2D eigenvalue weighted by atomic mass is 32.1. The van der Waals surface area contributed by atoms with Gasteiger partial charge in [-0.1, -0.05) is 65.9 Å². The molecule has 0 aliphatic carbocycles. The first-order valence-corrected chi connectivity index (χ1v) is 10.4. The number of para-hydroxylation sites is 3. The van der Waals surface area contributed by atoms with Crippen molar-refractivity contribution >= 4 is 41.1 Å². The molecule has 1 heterocycles. The molecule has 1 aromatic heterocycles. The third-order valence-corrected chi connectivity index (χ3v) is 5.88. The quantitative estimate of drug-likeness (QED) is 0.275. The number of rotatable bonds is 5. The molecule has 0 unspecified atom stereocenters. The van der Waals surface area contributed by atoms with E-state index in [0.717, 1.165) is 22.7 Å². The summed E-state index contributed by atoms with van der Waals surface area (Å²) in [7, 11) is 0. The summed E-state index contributed by atoms with van der Waals surface area (Å²) in [5.41, 5.74) is 1.65. The average Bonchev–Trinajstić information content (AvgIpc) is 3.09. The number of aromatic nitrogens is 1. The van der Waals surface area contributed by atoms with Gasteiger partial charge in [-0.3, -0.25) is 4.57 Å². The minimum Gasteiger partial charge on any atom is -0.279 e. The Kier molecular flexibility index (Phi) is 6.21. The number of halogens is 2. The van der Waals surface area contributed by atoms with E-state index in [0.29, 0.717) is 15.5 Å². The Morgan fingerprint density at radius 3 is 1.90 bits per heavy atom. The highest BCUT2D eigenvalue weighted by Gasteiger charge is 2.24. The first kappa shape index (κ1) is 20.3. The van der Waals surface area contributed by atoms with Crippen molar-refractivity contribution in [3.8, 4) is 5.69 Å². The van der Waals surface area contributed by atoms with Crippen LogP contribution >= 0.6 is 24.0 Å². The van der Waals surface area contributed by atoms with E-state index >= 15 is 0 Å². The van der Waals surface area contributed by atoms with Crippen molar-refractivity contribution in [1.82, 2.24) is 4.57 Å². The van der Waals surface area contributed by atoms with Crippen LogP contribution < -0.4 is 4.80 Å². The predicted molar refractivity (Wildman–Crippen MR) is 121 cm³/mol. The van der Waals surface area contributed by atoms with Crippen LogP contribution in [0.4, 0.5) is 20.2 Å². The maximum atomic E-state index is 14.0. The summed E-state index contributed by atoms with van der Waals surface area (Å²) >= 11 is 5.75. The highest BCUT2D eigenvalue weighted by Crippen LogP contribution is 2.27. The lowest BCUT2D eigenvalue weighted by molar-refractivity contribution is 0.226. The first-order chi connectivity index (χ1) is 14.6. The van der Waals surface area contributed by atoms with E-state index in [1.54, 1.807) is 28.8 Å². The molecule has 7 heteroatoms. The van der Waals surface area contributed by atoms with Gasteiger partial charge in [-0.05, 0) is 36.4 Å². The van der Waals surface area contributed by atoms with Crippen molar-refractivity contribution in [3.05, 3.63) is 101 Å². The van der Waals surface area contributed by atoms with E-state index in [2.05, 4.69) is 22.6 Å². The van der Waals surface area contributed by atoms with Gasteiger partial charge in [0.05, 0.1) is 21.3 Å². The lowest BCUT2D eigenvalue weighted by Crippen LogP contribution is -2.13. The Morgan fingerprint density at radius 2 is 1.33 bits per heavy atom. The lowest BCUT2D eigenvalue weighted by Gasteiger charge is -2.08. The zero-order valence-corrected chi connectivity index (χ0v) is 17.4. The van der Waals surface area contributed by atoms with E-state index in [9.17, 15) is 8.78 Å². The van der Waals surface area contributed by atoms with Gasteiger partial charge >= 0.3 is 0 Å². The monoisotopic (exact) mass is 437 g/mol. The molecule has 0 spiro atoms. The van der Waals surface area contributed by atoms with Crippen molar-refractivity contribution in [1.29, 1.82) is 0 Å². The highest BCUT2D eigenvalue weighted by molar-refractivity contribution is 7.80. The average molecular weight is 438 g/mol. The van der Waals surface area contributed by atoms with E-state index in [1.165, 1.54) is 0 Å². The number of hydrogen-bond acceptors (Lipinski definition) is 4. The van der Waals surface area contributed by atoms with Gasteiger partial charge in [-0.25, -0.2) is 18.8 Å². The fraction of sp³-hybridized carbons (Fsp3) is 0.0435. The summed E-state index contributed by atoms with van der Waals surface area (Å²) in [6.45, 7) is 0. The second-order valence-electron chi connectivity index (χ2n) is 6.29. The summed E-state index contributed by atoms with van der Waals surface area (Å²) in [4.78, 5) is 9.72. The Bertz CT molecular complexity index is 1220. The van der Waals surface area contributed by atoms with Gasteiger partial charge in [-0.2, -0.15) is 0 Å². The van der Waals surface area contributed by atoms with E-state index in [4.69, 9.17) is 0 Å². The third-order valence-electron chi connectivity index (χ3n) is 4.24. The van der Waals surface area contributed by atoms with Crippen molar-refractivity contribution in [2.24, 2.45) is 9.98 Å². The van der Waals surface area contributed by atoms with Crippen LogP contribution in [0.2, 0.25) is 0 Å². The smallest absolute Gasteiger partial charge is 0.279 e. The molecular weight excluding hydrogens is 420 g/mol. The van der Waals surface area contributed by atoms with Gasteiger partial charge in [0.25, 0.3) is 6.43 Å². The van der Waals surface area contributed by atoms with Crippen LogP contribution in [-0.2, 0) is 0 Å². The van der Waals surface area contributed by atoms with Gasteiger partial charge in [0.2, 0.25) is 0 Å². The molecular formula is C23H17F2N3S2. The van der Waals surface area contributed by atoms with Gasteiger partial charge in [0.1, 0.15) is 5.71 Å². The minimum absolute atomic E-state index is 0.288. The second-order valence-corrected chi connectivity index (χ2v) is 7.69. The van der Waals surface area contributed by atoms with Crippen molar-refractivity contribution < 1.29 is 8.78 Å². The molecule has 30 heavy (non-hydrogen) atoms. The zero-order chi connectivity index (χ0) is 20.9. The maximum Gasteiger partial charge on any atom is 0.281 e. The molecule has 0 aliphatic rings. The number of thiazole rings is 1. The molecule has 0 saturated heterocycles. The normalized spacial score (nSPS) is 12.5. The molecule has 0 radical (unpaired) electrons. The lowest BCUT2D eigenvalue weighted by atomic mass is 10.3. The molecule has 4 rings (SSSR count). The molecule has 0 saturated carbocycles. The molecule has 3 nitrogen and oxygen atoms in total. The molecule has 0 atom stereocenters. The van der Waals surface area contributed by atoms with Crippen LogP contribution in [0.25, 0.3) is 5.69 Å². The van der Waals surface area contributed by atoms with Gasteiger partial charge in [0, 0.05) is 5.69 Å². The molecule has 0 fully saturated rings. The van der Waals surface area contributed by atoms with Crippen molar-refractivity contribution in [2.75, 3.05) is 0 Å². The largest absolute Gasteiger partial charge is 0.281 e. The molecule has 3 aromatic carbocycles. The molecule has 0 aliphatic heterocycles. The SMILES string of the molecule is FC(F)C(=Nc1ccccc1)c1sc(=Nc2ccccc2)n(-c2ccccc2)c1S. The van der Waals surface area contributed by atoms with E-state index in [1.807, 2.05) is 66.7 Å². The number of thiol groups is 1. The molecule has 150 valence electrons. The van der Waals surface area contributed by atoms with Gasteiger partial charge in [0.15, 0.2) is 4.80 Å². The van der Waals surface area contributed by atoms with Crippen LogP contribution in [0.3, 0.4) is 0 Å². The number of nitrogens with zero attached hydrogens (tertiary/aromatic N) is 3. The summed E-state index contributed by atoms with van der Waals surface area (Å²) in [5, 5.41) is 0.371. The molecule has 0 bridgehead atoms. The van der Waals surface area contributed by atoms with E-state index < -0.39 is 6.43 Å². The standard InChI is InChI=1S/C23H17F2N3S2/c24-21(25)19(26-16-10-4-1-5-11-16)20-22(29)28(18-14-8-3-9-15-18)23(30-20)27-17-12-6-2-7-13-17/h1-15,21,29H. The third kappa shape index (κ3) is 4.42. The Balaban J connectivity index is 1.95. The Labute approximate surface area is 182 Å². The van der Waals surface area contributed by atoms with Crippen LogP contribution in [0.15, 0.2) is 106 Å². The fourth-order valence-corrected chi connectivity index (χ4v) is 4.45. The Hall–Kier alpha value is -3.03. The molecule has 0 amide bonds. The molecule has 0 N–H and O–H groups in total. The summed E-state index contributed by atoms with van der Waals surface area (Å²) in [6.07, 6.45) is -2.76. The Morgan fingerprint density at radius 1 is 0.800 bits per heavy atom. The fourth-order valence-electron chi connectivity index (χ4n) is 2.88. The zero-order valence-electron chi connectivity index (χ0n) is 15.7. The van der Waals surface area contributed by atoms with Crippen molar-refractivity contribution in [2.45, 2.75) is 11.5 Å². The topological polar surface area (TPSA) is 29.6 Å². The maximum absolute atomic E-state index is 14.0. The summed E-state index contributed by atoms with van der Waals surface area (Å²) in [6, 6.07) is 27.5. The summed E-state index contributed by atoms with van der Waals surface area (Å²) in [5.74, 6) is 0. The van der Waals surface area contributed by atoms with Crippen molar-refractivity contribution in [3.63, 3.8) is 0 Å². The van der Waals surface area contributed by atoms with Gasteiger partial charge in [-0.15, -0.1) is 12.6 Å². The minimum atomic E-state index is -2.76. The van der Waals surface area contributed by atoms with E-state index in [-0.39, 0.29) is 10.6 Å². The second kappa shape index (κ2) is 9.19. The van der Waals surface area contributed by atoms with Gasteiger partial charge < -0.3 is 0 Å². The molecule has 4 aromatic rings. The van der Waals surface area contributed by atoms with Crippen LogP contribution in [0.5, 0.6) is 0 Å². The number of benzene rings is 3. The number of hydrogen-bond donors (Lipinski definition) is 1. The van der Waals surface area contributed by atoms with Crippen LogP contribution in [0, 0.1) is 0 Å².